The molecule has 0 bridgehead atoms. The largest absolute Gasteiger partial charge is 0.484 e. The van der Waals surface area contributed by atoms with Crippen molar-refractivity contribution in [2.75, 3.05) is 0 Å². The first-order valence-electron chi connectivity index (χ1n) is 10.5. The predicted molar refractivity (Wildman–Crippen MR) is 114 cm³/mol. The maximum atomic E-state index is 13.5. The summed E-state index contributed by atoms with van der Waals surface area (Å²) >= 11 is 0. The second-order valence-electron chi connectivity index (χ2n) is 8.49. The van der Waals surface area contributed by atoms with Gasteiger partial charge in [0.1, 0.15) is 30.6 Å². The van der Waals surface area contributed by atoms with Gasteiger partial charge < -0.3 is 23.7 Å². The number of aromatic nitrogens is 1. The number of esters is 1. The molecule has 1 aliphatic rings. The van der Waals surface area contributed by atoms with Gasteiger partial charge in [0, 0.05) is 24.8 Å². The van der Waals surface area contributed by atoms with Crippen molar-refractivity contribution in [3.63, 3.8) is 0 Å². The lowest BCUT2D eigenvalue weighted by Gasteiger charge is -2.44. The number of hydrogen-bond donors (Lipinski definition) is 0. The van der Waals surface area contributed by atoms with Gasteiger partial charge in [-0.25, -0.2) is 0 Å². The molecule has 0 spiro atoms. The Morgan fingerprint density at radius 3 is 2.24 bits per heavy atom. The number of benzene rings is 1. The van der Waals surface area contributed by atoms with Gasteiger partial charge in [0.25, 0.3) is 15.7 Å². The molecule has 0 radical (unpaired) electrons. The first-order valence-corrected chi connectivity index (χ1v) is 10.5. The molecule has 0 N–H and O–H groups in total. The fourth-order valence-corrected chi connectivity index (χ4v) is 3.97. The Morgan fingerprint density at radius 2 is 1.70 bits per heavy atom. The molecule has 3 rings (SSSR count). The minimum atomic E-state index is -4.76. The third kappa shape index (κ3) is 6.07. The normalized spacial score (nSPS) is 18.2. The quantitative estimate of drug-likeness (QED) is 0.281. The second kappa shape index (κ2) is 9.94. The van der Waals surface area contributed by atoms with Crippen LogP contribution in [0.4, 0.5) is 13.2 Å². The summed E-state index contributed by atoms with van der Waals surface area (Å²) in [7, 11) is 0. The van der Waals surface area contributed by atoms with Gasteiger partial charge in [-0.05, 0) is 43.2 Å². The number of ether oxygens (including phenoxy) is 2. The number of carbonyl (C=O) groups is 1. The van der Waals surface area contributed by atoms with Crippen LogP contribution < -0.4 is 10.3 Å². The number of rotatable bonds is 8. The van der Waals surface area contributed by atoms with Gasteiger partial charge in [-0.3, -0.25) is 9.59 Å². The standard InChI is InChI=1S/C21H20F3N3O10/c1-11(28)36-19-18(15-7-14(21(22,23)24)4-5-16(15)37-20(19,2)3)25-8-13(10-35-27(32)33)12(6-17(25)29)9-34-26(30)31/h4-8,18-19H,9-10H2,1-3H3/t18-,19+/m1/s1. The van der Waals surface area contributed by atoms with E-state index in [4.69, 9.17) is 9.47 Å². The Kier molecular flexibility index (Phi) is 7.32. The molecule has 1 aromatic carbocycles. The minimum Gasteiger partial charge on any atom is -0.484 e. The van der Waals surface area contributed by atoms with E-state index in [-0.39, 0.29) is 22.4 Å². The van der Waals surface area contributed by atoms with Crippen LogP contribution in [0.3, 0.4) is 0 Å². The van der Waals surface area contributed by atoms with E-state index in [2.05, 4.69) is 9.68 Å². The summed E-state index contributed by atoms with van der Waals surface area (Å²) in [5.41, 5.74) is -3.71. The summed E-state index contributed by atoms with van der Waals surface area (Å²) in [6.07, 6.45) is -5.08. The maximum absolute atomic E-state index is 13.5. The van der Waals surface area contributed by atoms with Gasteiger partial charge in [0.15, 0.2) is 6.10 Å². The molecule has 1 aliphatic heterocycles. The van der Waals surface area contributed by atoms with Gasteiger partial charge in [-0.1, -0.05) is 0 Å². The van der Waals surface area contributed by atoms with Crippen LogP contribution in [0.15, 0.2) is 35.3 Å². The zero-order chi connectivity index (χ0) is 27.7. The van der Waals surface area contributed by atoms with Crippen molar-refractivity contribution >= 4 is 5.97 Å². The highest BCUT2D eigenvalue weighted by Gasteiger charge is 2.48. The Bertz CT molecular complexity index is 1290. The van der Waals surface area contributed by atoms with Gasteiger partial charge in [-0.15, -0.1) is 20.2 Å². The first-order chi connectivity index (χ1) is 17.1. The molecule has 200 valence electrons. The van der Waals surface area contributed by atoms with Gasteiger partial charge >= 0.3 is 12.1 Å². The molecule has 0 unspecified atom stereocenters. The van der Waals surface area contributed by atoms with E-state index in [0.717, 1.165) is 42.0 Å². The molecule has 0 aliphatic carbocycles. The van der Waals surface area contributed by atoms with Crippen LogP contribution in [0.5, 0.6) is 5.75 Å². The van der Waals surface area contributed by atoms with E-state index in [1.807, 2.05) is 0 Å². The molecular weight excluding hydrogens is 511 g/mol. The molecule has 16 heteroatoms. The molecule has 0 saturated heterocycles. The number of carbonyl (C=O) groups excluding carboxylic acids is 1. The van der Waals surface area contributed by atoms with Crippen LogP contribution in [0.25, 0.3) is 0 Å². The van der Waals surface area contributed by atoms with E-state index in [1.165, 1.54) is 13.8 Å². The van der Waals surface area contributed by atoms with Crippen molar-refractivity contribution < 1.29 is 47.3 Å². The average Bonchev–Trinajstić information content (AvgIpc) is 2.76. The molecule has 0 saturated carbocycles. The Labute approximate surface area is 205 Å². The third-order valence-corrected chi connectivity index (χ3v) is 5.50. The summed E-state index contributed by atoms with van der Waals surface area (Å²) in [6.45, 7) is 2.52. The fraction of sp³-hybridized carbons (Fsp3) is 0.429. The number of halogens is 3. The highest BCUT2D eigenvalue weighted by Crippen LogP contribution is 2.45. The van der Waals surface area contributed by atoms with Crippen LogP contribution in [-0.2, 0) is 38.6 Å². The van der Waals surface area contributed by atoms with E-state index < -0.39 is 64.4 Å². The van der Waals surface area contributed by atoms with Crippen LogP contribution in [0.1, 0.15) is 49.1 Å². The average molecular weight is 531 g/mol. The Morgan fingerprint density at radius 1 is 1.11 bits per heavy atom. The monoisotopic (exact) mass is 531 g/mol. The number of alkyl halides is 3. The highest BCUT2D eigenvalue weighted by atomic mass is 19.4. The summed E-state index contributed by atoms with van der Waals surface area (Å²) in [6, 6.07) is 2.07. The molecule has 1 aromatic heterocycles. The summed E-state index contributed by atoms with van der Waals surface area (Å²) in [5.74, 6) is -0.842. The van der Waals surface area contributed by atoms with Crippen LogP contribution in [-0.4, -0.2) is 32.4 Å². The molecule has 0 amide bonds. The van der Waals surface area contributed by atoms with Crippen LogP contribution in [0, 0.1) is 20.2 Å². The van der Waals surface area contributed by atoms with Crippen molar-refractivity contribution in [2.24, 2.45) is 0 Å². The van der Waals surface area contributed by atoms with Crippen molar-refractivity contribution in [1.82, 2.24) is 4.57 Å². The van der Waals surface area contributed by atoms with Gasteiger partial charge in [0.05, 0.1) is 5.56 Å². The lowest BCUT2D eigenvalue weighted by atomic mass is 9.85. The zero-order valence-electron chi connectivity index (χ0n) is 19.5. The Balaban J connectivity index is 2.28. The molecule has 0 fully saturated rings. The van der Waals surface area contributed by atoms with E-state index >= 15 is 0 Å². The molecule has 2 atom stereocenters. The van der Waals surface area contributed by atoms with E-state index in [1.54, 1.807) is 0 Å². The van der Waals surface area contributed by atoms with Gasteiger partial charge in [-0.2, -0.15) is 13.2 Å². The topological polar surface area (TPSA) is 162 Å². The number of hydrogen-bond acceptors (Lipinski definition) is 10. The fourth-order valence-electron chi connectivity index (χ4n) is 3.97. The highest BCUT2D eigenvalue weighted by molar-refractivity contribution is 5.66. The number of fused-ring (bicyclic) bond motifs is 1. The smallest absolute Gasteiger partial charge is 0.416 e. The minimum absolute atomic E-state index is 0.0258. The summed E-state index contributed by atoms with van der Waals surface area (Å²) in [5, 5.41) is 19.1. The molecule has 2 heterocycles. The number of nitrogens with zero attached hydrogens (tertiary/aromatic N) is 3. The summed E-state index contributed by atoms with van der Waals surface area (Å²) in [4.78, 5) is 55.1. The first kappa shape index (κ1) is 27.2. The third-order valence-electron chi connectivity index (χ3n) is 5.50. The molecule has 13 nitrogen and oxygen atoms in total. The van der Waals surface area contributed by atoms with Crippen molar-refractivity contribution in [3.8, 4) is 5.75 Å². The van der Waals surface area contributed by atoms with Crippen molar-refractivity contribution in [3.05, 3.63) is 83.3 Å². The van der Waals surface area contributed by atoms with Crippen LogP contribution >= 0.6 is 0 Å². The number of pyridine rings is 1. The molecular formula is C21H20F3N3O10. The summed E-state index contributed by atoms with van der Waals surface area (Å²) < 4.78 is 52.7. The SMILES string of the molecule is CC(=O)O[C@H]1[C@H](n2cc(CO[N+](=O)[O-])c(CO[N+](=O)[O-])cc2=O)c2cc(C(F)(F)F)ccc2OC1(C)C. The Hall–Kier alpha value is -4.37. The van der Waals surface area contributed by atoms with Crippen molar-refractivity contribution in [1.29, 1.82) is 0 Å². The van der Waals surface area contributed by atoms with E-state index in [0.29, 0.717) is 0 Å². The van der Waals surface area contributed by atoms with Crippen LogP contribution in [0.2, 0.25) is 0 Å². The second-order valence-corrected chi connectivity index (χ2v) is 8.49. The van der Waals surface area contributed by atoms with E-state index in [9.17, 15) is 43.0 Å². The maximum Gasteiger partial charge on any atom is 0.416 e. The zero-order valence-corrected chi connectivity index (χ0v) is 19.5. The molecule has 2 aromatic rings. The lowest BCUT2D eigenvalue weighted by Crippen LogP contribution is -2.54. The van der Waals surface area contributed by atoms with Gasteiger partial charge in [0.2, 0.25) is 0 Å². The lowest BCUT2D eigenvalue weighted by molar-refractivity contribution is -0.764. The molecule has 37 heavy (non-hydrogen) atoms. The predicted octanol–water partition coefficient (Wildman–Crippen LogP) is 2.98. The van der Waals surface area contributed by atoms with Crippen molar-refractivity contribution in [2.45, 2.75) is 57.9 Å².